The first-order chi connectivity index (χ1) is 9.32. The van der Waals surface area contributed by atoms with Gasteiger partial charge in [0.05, 0.1) is 5.69 Å². The number of likely N-dealkylation sites (tertiary alicyclic amines) is 1. The van der Waals surface area contributed by atoms with Gasteiger partial charge in [-0.2, -0.15) is 9.78 Å². The Hall–Kier alpha value is -2.05. The highest BCUT2D eigenvalue weighted by atomic mass is 16.2. The fourth-order valence-corrected chi connectivity index (χ4v) is 1.80. The number of carbonyl (C=O) groups excluding carboxylic acids is 2. The van der Waals surface area contributed by atoms with Gasteiger partial charge in [0.15, 0.2) is 0 Å². The standard InChI is InChI=1S/C13H21N5O2/c1-13(2,3)9-8-10(15-11(19)14-4)18(16-9)12(20)17-6-5-7-17/h8H,5-7H2,1-4H3,(H2,14,15,19). The van der Waals surface area contributed by atoms with Gasteiger partial charge in [-0.25, -0.2) is 9.59 Å². The van der Waals surface area contributed by atoms with Crippen molar-refractivity contribution in [1.29, 1.82) is 0 Å². The summed E-state index contributed by atoms with van der Waals surface area (Å²) in [5.74, 6) is 0.395. The highest BCUT2D eigenvalue weighted by molar-refractivity contribution is 5.91. The Morgan fingerprint density at radius 1 is 1.30 bits per heavy atom. The van der Waals surface area contributed by atoms with Gasteiger partial charge >= 0.3 is 12.1 Å². The lowest BCUT2D eigenvalue weighted by molar-refractivity contribution is 0.166. The van der Waals surface area contributed by atoms with Crippen molar-refractivity contribution < 1.29 is 9.59 Å². The van der Waals surface area contributed by atoms with Crippen LogP contribution in [0.4, 0.5) is 15.4 Å². The van der Waals surface area contributed by atoms with Crippen LogP contribution in [0.3, 0.4) is 0 Å². The Bertz CT molecular complexity index is 525. The van der Waals surface area contributed by atoms with Crippen LogP contribution in [0.5, 0.6) is 0 Å². The van der Waals surface area contributed by atoms with Crippen molar-refractivity contribution in [2.24, 2.45) is 0 Å². The van der Waals surface area contributed by atoms with E-state index in [0.717, 1.165) is 25.2 Å². The van der Waals surface area contributed by atoms with E-state index in [1.165, 1.54) is 11.7 Å². The van der Waals surface area contributed by atoms with E-state index in [-0.39, 0.29) is 17.5 Å². The third-order valence-electron chi connectivity index (χ3n) is 3.25. The maximum Gasteiger partial charge on any atom is 0.346 e. The number of rotatable bonds is 1. The molecule has 0 spiro atoms. The molecule has 0 unspecified atom stereocenters. The molecule has 0 saturated carbocycles. The molecule has 1 fully saturated rings. The summed E-state index contributed by atoms with van der Waals surface area (Å²) in [6.07, 6.45) is 1.01. The molecule has 1 aromatic rings. The number of amides is 3. The molecule has 1 aliphatic rings. The Kier molecular flexibility index (Phi) is 3.69. The zero-order chi connectivity index (χ0) is 14.9. The van der Waals surface area contributed by atoms with Gasteiger partial charge in [0, 0.05) is 31.6 Å². The zero-order valence-corrected chi connectivity index (χ0v) is 12.4. The molecule has 3 amide bonds. The van der Waals surface area contributed by atoms with Crippen molar-refractivity contribution in [3.8, 4) is 0 Å². The molecule has 1 aliphatic heterocycles. The number of carbonyl (C=O) groups is 2. The van der Waals surface area contributed by atoms with E-state index in [0.29, 0.717) is 5.82 Å². The SMILES string of the molecule is CNC(=O)Nc1cc(C(C)(C)C)nn1C(=O)N1CCC1. The van der Waals surface area contributed by atoms with Crippen molar-refractivity contribution in [3.63, 3.8) is 0 Å². The second kappa shape index (κ2) is 5.15. The van der Waals surface area contributed by atoms with Crippen molar-refractivity contribution in [2.75, 3.05) is 25.5 Å². The van der Waals surface area contributed by atoms with Crippen LogP contribution in [0.25, 0.3) is 0 Å². The number of hydrogen-bond acceptors (Lipinski definition) is 3. The first-order valence-electron chi connectivity index (χ1n) is 6.71. The molecule has 1 saturated heterocycles. The minimum Gasteiger partial charge on any atom is -0.341 e. The monoisotopic (exact) mass is 279 g/mol. The lowest BCUT2D eigenvalue weighted by Gasteiger charge is -2.30. The van der Waals surface area contributed by atoms with Gasteiger partial charge in [-0.3, -0.25) is 5.32 Å². The average molecular weight is 279 g/mol. The van der Waals surface area contributed by atoms with Crippen LogP contribution in [-0.4, -0.2) is 46.9 Å². The van der Waals surface area contributed by atoms with Crippen LogP contribution < -0.4 is 10.6 Å². The van der Waals surface area contributed by atoms with Gasteiger partial charge in [-0.05, 0) is 6.42 Å². The highest BCUT2D eigenvalue weighted by Gasteiger charge is 2.28. The van der Waals surface area contributed by atoms with E-state index in [2.05, 4.69) is 15.7 Å². The summed E-state index contributed by atoms with van der Waals surface area (Å²) in [6.45, 7) is 7.51. The van der Waals surface area contributed by atoms with Gasteiger partial charge in [0.25, 0.3) is 0 Å². The third kappa shape index (κ3) is 2.76. The minimum atomic E-state index is -0.372. The molecule has 0 atom stereocenters. The summed E-state index contributed by atoms with van der Waals surface area (Å²) in [5.41, 5.74) is 0.567. The molecular formula is C13H21N5O2. The summed E-state index contributed by atoms with van der Waals surface area (Å²) in [6, 6.07) is 1.17. The maximum atomic E-state index is 12.3. The number of nitrogens with one attached hydrogen (secondary N) is 2. The molecule has 0 aromatic carbocycles. The first kappa shape index (κ1) is 14.4. The first-order valence-corrected chi connectivity index (χ1v) is 6.71. The van der Waals surface area contributed by atoms with Crippen molar-refractivity contribution in [2.45, 2.75) is 32.6 Å². The van der Waals surface area contributed by atoms with E-state index in [1.54, 1.807) is 11.0 Å². The normalized spacial score (nSPS) is 14.7. The molecule has 0 bridgehead atoms. The van der Waals surface area contributed by atoms with Crippen LogP contribution in [0, 0.1) is 0 Å². The molecule has 2 heterocycles. The van der Waals surface area contributed by atoms with Gasteiger partial charge in [-0.15, -0.1) is 0 Å². The van der Waals surface area contributed by atoms with E-state index in [1.807, 2.05) is 20.8 Å². The molecule has 7 heteroatoms. The van der Waals surface area contributed by atoms with Crippen molar-refractivity contribution in [1.82, 2.24) is 20.0 Å². The molecule has 2 N–H and O–H groups in total. The van der Waals surface area contributed by atoms with Crippen LogP contribution in [0.2, 0.25) is 0 Å². The molecule has 20 heavy (non-hydrogen) atoms. The lowest BCUT2D eigenvalue weighted by atomic mass is 9.92. The van der Waals surface area contributed by atoms with Gasteiger partial charge in [0.1, 0.15) is 5.82 Å². The second-order valence-electron chi connectivity index (χ2n) is 5.90. The molecular weight excluding hydrogens is 258 g/mol. The van der Waals surface area contributed by atoms with Gasteiger partial charge < -0.3 is 10.2 Å². The Balaban J connectivity index is 2.33. The summed E-state index contributed by atoms with van der Waals surface area (Å²) >= 11 is 0. The van der Waals surface area contributed by atoms with Crippen LogP contribution in [0.15, 0.2) is 6.07 Å². The predicted molar refractivity (Wildman–Crippen MR) is 76.0 cm³/mol. The van der Waals surface area contributed by atoms with Gasteiger partial charge in [0.2, 0.25) is 0 Å². The largest absolute Gasteiger partial charge is 0.346 e. The highest BCUT2D eigenvalue weighted by Crippen LogP contribution is 2.25. The number of aromatic nitrogens is 2. The van der Waals surface area contributed by atoms with Crippen LogP contribution in [-0.2, 0) is 5.41 Å². The smallest absolute Gasteiger partial charge is 0.341 e. The Morgan fingerprint density at radius 2 is 1.95 bits per heavy atom. The zero-order valence-electron chi connectivity index (χ0n) is 12.4. The summed E-state index contributed by atoms with van der Waals surface area (Å²) in [5, 5.41) is 9.46. The summed E-state index contributed by atoms with van der Waals surface area (Å²) < 4.78 is 1.27. The number of anilines is 1. The molecule has 110 valence electrons. The quantitative estimate of drug-likeness (QED) is 0.819. The van der Waals surface area contributed by atoms with E-state index < -0.39 is 0 Å². The Labute approximate surface area is 118 Å². The van der Waals surface area contributed by atoms with E-state index >= 15 is 0 Å². The number of hydrogen-bond donors (Lipinski definition) is 2. The topological polar surface area (TPSA) is 79.3 Å². The fourth-order valence-electron chi connectivity index (χ4n) is 1.80. The molecule has 0 aliphatic carbocycles. The van der Waals surface area contributed by atoms with Crippen molar-refractivity contribution >= 4 is 17.9 Å². The van der Waals surface area contributed by atoms with Crippen LogP contribution >= 0.6 is 0 Å². The minimum absolute atomic E-state index is 0.195. The van der Waals surface area contributed by atoms with Gasteiger partial charge in [-0.1, -0.05) is 20.8 Å². The molecule has 7 nitrogen and oxygen atoms in total. The fraction of sp³-hybridized carbons (Fsp3) is 0.615. The average Bonchev–Trinajstić information content (AvgIpc) is 2.70. The maximum absolute atomic E-state index is 12.3. The third-order valence-corrected chi connectivity index (χ3v) is 3.25. The number of nitrogens with zero attached hydrogens (tertiary/aromatic N) is 3. The van der Waals surface area contributed by atoms with Crippen molar-refractivity contribution in [3.05, 3.63) is 11.8 Å². The molecule has 1 aromatic heterocycles. The lowest BCUT2D eigenvalue weighted by Crippen LogP contribution is -2.45. The summed E-state index contributed by atoms with van der Waals surface area (Å²) in [7, 11) is 1.53. The van der Waals surface area contributed by atoms with Crippen LogP contribution in [0.1, 0.15) is 32.9 Å². The van der Waals surface area contributed by atoms with E-state index in [9.17, 15) is 9.59 Å². The predicted octanol–water partition coefficient (Wildman–Crippen LogP) is 1.61. The van der Waals surface area contributed by atoms with E-state index in [4.69, 9.17) is 0 Å². The Morgan fingerprint density at radius 3 is 2.40 bits per heavy atom. The summed E-state index contributed by atoms with van der Waals surface area (Å²) in [4.78, 5) is 25.5. The second-order valence-corrected chi connectivity index (χ2v) is 5.90. The molecule has 2 rings (SSSR count). The molecule has 0 radical (unpaired) electrons. The number of urea groups is 1.